The second-order valence-electron chi connectivity index (χ2n) is 8.36. The highest BCUT2D eigenvalue weighted by molar-refractivity contribution is 5.67. The van der Waals surface area contributed by atoms with Gasteiger partial charge in [0.1, 0.15) is 0 Å². The summed E-state index contributed by atoms with van der Waals surface area (Å²) in [6.07, 6.45) is 3.52. The zero-order valence-electron chi connectivity index (χ0n) is 15.3. The highest BCUT2D eigenvalue weighted by Crippen LogP contribution is 2.35. The van der Waals surface area contributed by atoms with Crippen LogP contribution in [0.1, 0.15) is 37.3 Å². The van der Waals surface area contributed by atoms with Gasteiger partial charge in [-0.1, -0.05) is 6.07 Å². The Morgan fingerprint density at radius 2 is 2.12 bits per heavy atom. The normalized spacial score (nSPS) is 31.4. The Labute approximate surface area is 154 Å². The number of rotatable bonds is 5. The average molecular weight is 359 g/mol. The lowest BCUT2D eigenvalue weighted by molar-refractivity contribution is -0.138. The SMILES string of the molecule is O=C(O)CC1CCNCC1CCN1CC2CC(C1)c1cccc(=O)n1C2. The van der Waals surface area contributed by atoms with E-state index in [1.165, 1.54) is 12.1 Å². The maximum absolute atomic E-state index is 12.1. The maximum Gasteiger partial charge on any atom is 0.303 e. The number of aliphatic carboxylic acids is 1. The van der Waals surface area contributed by atoms with Crippen molar-refractivity contribution < 1.29 is 9.90 Å². The fraction of sp³-hybridized carbons (Fsp3) is 0.700. The van der Waals surface area contributed by atoms with Crippen LogP contribution in [0.15, 0.2) is 23.0 Å². The van der Waals surface area contributed by atoms with E-state index >= 15 is 0 Å². The Morgan fingerprint density at radius 1 is 1.23 bits per heavy atom. The first-order valence-corrected chi connectivity index (χ1v) is 9.94. The van der Waals surface area contributed by atoms with Crippen LogP contribution in [0.3, 0.4) is 0 Å². The van der Waals surface area contributed by atoms with Gasteiger partial charge in [0, 0.05) is 43.7 Å². The predicted octanol–water partition coefficient (Wildman–Crippen LogP) is 1.36. The van der Waals surface area contributed by atoms with Crippen molar-refractivity contribution >= 4 is 5.97 Å². The molecule has 4 atom stereocenters. The summed E-state index contributed by atoms with van der Waals surface area (Å²) in [5.41, 5.74) is 1.33. The van der Waals surface area contributed by atoms with Crippen LogP contribution in [-0.4, -0.2) is 53.3 Å². The molecule has 1 aromatic rings. The molecule has 0 radical (unpaired) electrons. The second kappa shape index (κ2) is 7.53. The molecule has 6 nitrogen and oxygen atoms in total. The van der Waals surface area contributed by atoms with Crippen LogP contribution in [0.5, 0.6) is 0 Å². The molecule has 2 fully saturated rings. The van der Waals surface area contributed by atoms with Gasteiger partial charge in [0.05, 0.1) is 0 Å². The van der Waals surface area contributed by atoms with Crippen LogP contribution in [-0.2, 0) is 11.3 Å². The molecule has 2 saturated heterocycles. The Morgan fingerprint density at radius 3 is 2.96 bits per heavy atom. The first kappa shape index (κ1) is 17.7. The van der Waals surface area contributed by atoms with E-state index in [1.807, 2.05) is 10.6 Å². The summed E-state index contributed by atoms with van der Waals surface area (Å²) in [6, 6.07) is 5.67. The van der Waals surface area contributed by atoms with Gasteiger partial charge in [-0.05, 0) is 62.7 Å². The zero-order chi connectivity index (χ0) is 18.1. The zero-order valence-corrected chi connectivity index (χ0v) is 15.3. The quantitative estimate of drug-likeness (QED) is 0.830. The minimum Gasteiger partial charge on any atom is -0.481 e. The number of carboxylic acids is 1. The topological polar surface area (TPSA) is 74.6 Å². The van der Waals surface area contributed by atoms with Crippen LogP contribution in [0, 0.1) is 17.8 Å². The van der Waals surface area contributed by atoms with Crippen LogP contribution >= 0.6 is 0 Å². The lowest BCUT2D eigenvalue weighted by atomic mass is 9.80. The fourth-order valence-electron chi connectivity index (χ4n) is 5.33. The molecular formula is C20H29N3O3. The number of carbonyl (C=O) groups is 1. The van der Waals surface area contributed by atoms with Crippen molar-refractivity contribution in [2.75, 3.05) is 32.7 Å². The van der Waals surface area contributed by atoms with Gasteiger partial charge in [0.15, 0.2) is 0 Å². The Bertz CT molecular complexity index is 716. The third-order valence-electron chi connectivity index (χ3n) is 6.57. The van der Waals surface area contributed by atoms with Gasteiger partial charge in [-0.25, -0.2) is 0 Å². The van der Waals surface area contributed by atoms with E-state index in [-0.39, 0.29) is 5.56 Å². The van der Waals surface area contributed by atoms with Crippen molar-refractivity contribution in [1.29, 1.82) is 0 Å². The molecule has 4 unspecified atom stereocenters. The monoisotopic (exact) mass is 359 g/mol. The molecule has 3 aliphatic heterocycles. The molecule has 26 heavy (non-hydrogen) atoms. The summed E-state index contributed by atoms with van der Waals surface area (Å²) in [6.45, 7) is 5.83. The number of pyridine rings is 1. The third-order valence-corrected chi connectivity index (χ3v) is 6.57. The van der Waals surface area contributed by atoms with Crippen molar-refractivity contribution in [1.82, 2.24) is 14.8 Å². The largest absolute Gasteiger partial charge is 0.481 e. The summed E-state index contributed by atoms with van der Waals surface area (Å²) < 4.78 is 1.98. The molecule has 0 aliphatic carbocycles. The van der Waals surface area contributed by atoms with Crippen molar-refractivity contribution in [3.63, 3.8) is 0 Å². The van der Waals surface area contributed by atoms with E-state index in [4.69, 9.17) is 5.11 Å². The van der Waals surface area contributed by atoms with Crippen molar-refractivity contribution in [3.05, 3.63) is 34.2 Å². The van der Waals surface area contributed by atoms with E-state index < -0.39 is 5.97 Å². The third kappa shape index (κ3) is 3.71. The van der Waals surface area contributed by atoms with Crippen LogP contribution in [0.4, 0.5) is 0 Å². The molecule has 142 valence electrons. The molecule has 4 heterocycles. The van der Waals surface area contributed by atoms with Gasteiger partial charge in [-0.3, -0.25) is 9.59 Å². The molecule has 3 aliphatic rings. The van der Waals surface area contributed by atoms with E-state index in [1.54, 1.807) is 6.07 Å². The van der Waals surface area contributed by atoms with E-state index in [0.29, 0.717) is 30.1 Å². The molecular weight excluding hydrogens is 330 g/mol. The van der Waals surface area contributed by atoms with Gasteiger partial charge in [-0.2, -0.15) is 0 Å². The van der Waals surface area contributed by atoms with Gasteiger partial charge in [-0.15, -0.1) is 0 Å². The number of hydrogen-bond donors (Lipinski definition) is 2. The van der Waals surface area contributed by atoms with Crippen molar-refractivity contribution in [2.45, 2.75) is 38.1 Å². The van der Waals surface area contributed by atoms with Gasteiger partial charge in [0.25, 0.3) is 5.56 Å². The van der Waals surface area contributed by atoms with Crippen molar-refractivity contribution in [3.8, 4) is 0 Å². The van der Waals surface area contributed by atoms with E-state index in [9.17, 15) is 9.59 Å². The molecule has 1 aromatic heterocycles. The lowest BCUT2D eigenvalue weighted by Crippen LogP contribution is -2.48. The number of hydrogen-bond acceptors (Lipinski definition) is 4. The molecule has 0 saturated carbocycles. The average Bonchev–Trinajstić information content (AvgIpc) is 2.61. The number of nitrogens with one attached hydrogen (secondary N) is 1. The predicted molar refractivity (Wildman–Crippen MR) is 99.3 cm³/mol. The summed E-state index contributed by atoms with van der Waals surface area (Å²) in [4.78, 5) is 25.8. The van der Waals surface area contributed by atoms with E-state index in [0.717, 1.165) is 52.1 Å². The standard InChI is InChI=1S/C20H29N3O3/c24-19-3-1-2-18-17-8-14(12-23(18)19)11-22(13-17)7-5-16-10-21-6-4-15(16)9-20(25)26/h1-3,14-17,21H,4-13H2,(H,25,26). The van der Waals surface area contributed by atoms with Crippen LogP contribution < -0.4 is 10.9 Å². The molecule has 6 heteroatoms. The number of aromatic nitrogens is 1. The number of likely N-dealkylation sites (tertiary alicyclic amines) is 1. The lowest BCUT2D eigenvalue weighted by Gasteiger charge is -2.43. The highest BCUT2D eigenvalue weighted by atomic mass is 16.4. The smallest absolute Gasteiger partial charge is 0.303 e. The Hall–Kier alpha value is -1.66. The van der Waals surface area contributed by atoms with Gasteiger partial charge < -0.3 is 19.9 Å². The number of fused-ring (bicyclic) bond motifs is 4. The Kier molecular flexibility index (Phi) is 5.14. The van der Waals surface area contributed by atoms with Gasteiger partial charge in [0.2, 0.25) is 0 Å². The maximum atomic E-state index is 12.1. The molecule has 2 bridgehead atoms. The minimum absolute atomic E-state index is 0.135. The first-order chi connectivity index (χ1) is 12.6. The fourth-order valence-corrected chi connectivity index (χ4v) is 5.33. The summed E-state index contributed by atoms with van der Waals surface area (Å²) >= 11 is 0. The Balaban J connectivity index is 1.38. The molecule has 2 N–H and O–H groups in total. The van der Waals surface area contributed by atoms with Crippen molar-refractivity contribution in [2.24, 2.45) is 17.8 Å². The molecule has 4 rings (SSSR count). The first-order valence-electron chi connectivity index (χ1n) is 9.94. The second-order valence-corrected chi connectivity index (χ2v) is 8.36. The molecule has 0 spiro atoms. The van der Waals surface area contributed by atoms with Crippen LogP contribution in [0.2, 0.25) is 0 Å². The molecule has 0 aromatic carbocycles. The highest BCUT2D eigenvalue weighted by Gasteiger charge is 2.35. The number of carboxylic acid groups (broad SMARTS) is 1. The van der Waals surface area contributed by atoms with E-state index in [2.05, 4.69) is 16.3 Å². The summed E-state index contributed by atoms with van der Waals surface area (Å²) in [5.74, 6) is 1.10. The number of nitrogens with zero attached hydrogens (tertiary/aromatic N) is 2. The summed E-state index contributed by atoms with van der Waals surface area (Å²) in [5, 5.41) is 12.6. The number of piperidine rings is 2. The minimum atomic E-state index is -0.670. The summed E-state index contributed by atoms with van der Waals surface area (Å²) in [7, 11) is 0. The molecule has 0 amide bonds. The van der Waals surface area contributed by atoms with Crippen LogP contribution in [0.25, 0.3) is 0 Å². The van der Waals surface area contributed by atoms with Gasteiger partial charge >= 0.3 is 5.97 Å².